The van der Waals surface area contributed by atoms with E-state index in [0.717, 1.165) is 36.1 Å². The molecule has 0 aliphatic carbocycles. The Morgan fingerprint density at radius 3 is 2.80 bits per heavy atom. The van der Waals surface area contributed by atoms with Crippen molar-refractivity contribution >= 4 is 5.97 Å². The van der Waals surface area contributed by atoms with Crippen molar-refractivity contribution in [2.24, 2.45) is 0 Å². The fourth-order valence-electron chi connectivity index (χ4n) is 3.72. The van der Waals surface area contributed by atoms with E-state index in [1.54, 1.807) is 0 Å². The van der Waals surface area contributed by atoms with Crippen LogP contribution in [0, 0.1) is 6.92 Å². The van der Waals surface area contributed by atoms with Gasteiger partial charge in [-0.25, -0.2) is 4.98 Å². The summed E-state index contributed by atoms with van der Waals surface area (Å²) < 4.78 is 12.1. The zero-order valence-electron chi connectivity index (χ0n) is 17.9. The molecule has 5 heteroatoms. The van der Waals surface area contributed by atoms with Gasteiger partial charge in [0.2, 0.25) is 5.88 Å². The van der Waals surface area contributed by atoms with E-state index >= 15 is 0 Å². The summed E-state index contributed by atoms with van der Waals surface area (Å²) in [4.78, 5) is 16.0. The zero-order chi connectivity index (χ0) is 21.5. The first-order valence-electron chi connectivity index (χ1n) is 10.4. The van der Waals surface area contributed by atoms with Gasteiger partial charge >= 0.3 is 5.97 Å². The van der Waals surface area contributed by atoms with Gasteiger partial charge in [0, 0.05) is 17.2 Å². The first kappa shape index (κ1) is 21.6. The number of aromatic nitrogens is 1. The highest BCUT2D eigenvalue weighted by Gasteiger charge is 2.15. The minimum Gasteiger partial charge on any atom is -0.493 e. The van der Waals surface area contributed by atoms with Crippen LogP contribution >= 0.6 is 0 Å². The molecule has 0 saturated heterocycles. The number of nitrogens with zero attached hydrogens (tertiary/aromatic N) is 1. The molecule has 4 bridgehead atoms. The lowest BCUT2D eigenvalue weighted by atomic mass is 9.99. The Balaban J connectivity index is 2.05. The number of carboxylic acids is 1. The number of ether oxygens (including phenoxy) is 2. The van der Waals surface area contributed by atoms with Crippen LogP contribution < -0.4 is 9.47 Å². The largest absolute Gasteiger partial charge is 0.493 e. The van der Waals surface area contributed by atoms with Gasteiger partial charge in [-0.2, -0.15) is 0 Å². The number of allylic oxidation sites excluding steroid dienone is 2. The number of aliphatic carboxylic acids is 1. The number of fused-ring (bicyclic) bond motifs is 5. The van der Waals surface area contributed by atoms with E-state index in [0.29, 0.717) is 30.4 Å². The topological polar surface area (TPSA) is 68.7 Å². The number of carbonyl (C=O) groups is 1. The third-order valence-electron chi connectivity index (χ3n) is 5.18. The molecular formula is C25H29NO4. The Hall–Kier alpha value is -3.08. The van der Waals surface area contributed by atoms with E-state index < -0.39 is 5.97 Å². The van der Waals surface area contributed by atoms with Crippen molar-refractivity contribution in [3.8, 4) is 22.9 Å². The Bertz CT molecular complexity index is 975. The number of hydrogen-bond donors (Lipinski definition) is 1. The Kier molecular flexibility index (Phi) is 7.28. The van der Waals surface area contributed by atoms with Gasteiger partial charge in [0.15, 0.2) is 0 Å². The second-order valence-electron chi connectivity index (χ2n) is 7.40. The van der Waals surface area contributed by atoms with Crippen molar-refractivity contribution in [2.75, 3.05) is 13.2 Å². The minimum atomic E-state index is -0.875. The lowest BCUT2D eigenvalue weighted by molar-refractivity contribution is -0.136. The van der Waals surface area contributed by atoms with Gasteiger partial charge < -0.3 is 14.6 Å². The van der Waals surface area contributed by atoms with E-state index in [-0.39, 0.29) is 6.42 Å². The molecule has 0 spiro atoms. The average Bonchev–Trinajstić information content (AvgIpc) is 2.72. The lowest BCUT2D eigenvalue weighted by Crippen LogP contribution is -2.09. The highest BCUT2D eigenvalue weighted by atomic mass is 16.5. The smallest absolute Gasteiger partial charge is 0.307 e. The van der Waals surface area contributed by atoms with Gasteiger partial charge in [-0.15, -0.1) is 0 Å². The maximum absolute atomic E-state index is 11.3. The zero-order valence-corrected chi connectivity index (χ0v) is 17.9. The molecule has 1 N–H and O–H groups in total. The second kappa shape index (κ2) is 10.1. The first-order chi connectivity index (χ1) is 14.5. The monoisotopic (exact) mass is 407 g/mol. The molecule has 1 aliphatic rings. The molecule has 3 rings (SSSR count). The van der Waals surface area contributed by atoms with Crippen LogP contribution in [0.15, 0.2) is 53.6 Å². The Morgan fingerprint density at radius 1 is 1.23 bits per heavy atom. The molecule has 0 unspecified atom stereocenters. The van der Waals surface area contributed by atoms with E-state index in [1.165, 1.54) is 11.1 Å². The predicted molar refractivity (Wildman–Crippen MR) is 118 cm³/mol. The van der Waals surface area contributed by atoms with Crippen LogP contribution in [0.5, 0.6) is 11.6 Å². The van der Waals surface area contributed by atoms with Crippen molar-refractivity contribution in [2.45, 2.75) is 46.5 Å². The van der Waals surface area contributed by atoms with Crippen molar-refractivity contribution in [1.82, 2.24) is 4.98 Å². The van der Waals surface area contributed by atoms with Crippen molar-refractivity contribution in [3.63, 3.8) is 0 Å². The maximum atomic E-state index is 11.3. The standard InChI is InChI=1S/C25H29NO4/c1-4-8-19-16-30-24-11-6-10-22(26-24)21-15-23(29-12-7-9-18(19)5-2)20(13-17(21)3)14-25(27)28/h5-6,8,10-11,13,15H,4,7,9,12,14,16H2,1-3H3,(H,27,28)/b18-5-,19-8-. The van der Waals surface area contributed by atoms with Crippen LogP contribution in [0.25, 0.3) is 11.3 Å². The summed E-state index contributed by atoms with van der Waals surface area (Å²) in [6.45, 7) is 7.11. The summed E-state index contributed by atoms with van der Waals surface area (Å²) in [6, 6.07) is 9.51. The highest BCUT2D eigenvalue weighted by Crippen LogP contribution is 2.32. The summed E-state index contributed by atoms with van der Waals surface area (Å²) in [6.07, 6.45) is 6.88. The molecule has 0 atom stereocenters. The number of rotatable bonds is 3. The third kappa shape index (κ3) is 5.29. The van der Waals surface area contributed by atoms with Crippen LogP contribution in [0.3, 0.4) is 0 Å². The van der Waals surface area contributed by atoms with Gasteiger partial charge in [-0.05, 0) is 62.0 Å². The molecule has 30 heavy (non-hydrogen) atoms. The summed E-state index contributed by atoms with van der Waals surface area (Å²) in [7, 11) is 0. The van der Waals surface area contributed by atoms with E-state index in [2.05, 4.69) is 19.1 Å². The SMILES string of the molecule is C/C=C1/CCCOc2cc(c(C)cc2CC(=O)O)-c2cccc(n2)OC/C1=C/CC. The lowest BCUT2D eigenvalue weighted by Gasteiger charge is -2.18. The molecule has 0 fully saturated rings. The second-order valence-corrected chi connectivity index (χ2v) is 7.40. The summed E-state index contributed by atoms with van der Waals surface area (Å²) in [5.74, 6) is 0.300. The molecule has 1 aromatic heterocycles. The van der Waals surface area contributed by atoms with E-state index in [4.69, 9.17) is 14.5 Å². The summed E-state index contributed by atoms with van der Waals surface area (Å²) >= 11 is 0. The molecule has 1 aromatic carbocycles. The van der Waals surface area contributed by atoms with Crippen molar-refractivity contribution in [3.05, 3.63) is 64.8 Å². The third-order valence-corrected chi connectivity index (χ3v) is 5.18. The molecule has 2 heterocycles. The van der Waals surface area contributed by atoms with Crippen LogP contribution in [0.4, 0.5) is 0 Å². The van der Waals surface area contributed by atoms with Crippen molar-refractivity contribution in [1.29, 1.82) is 0 Å². The normalized spacial score (nSPS) is 17.2. The summed E-state index contributed by atoms with van der Waals surface area (Å²) in [5.41, 5.74) is 5.75. The number of hydrogen-bond acceptors (Lipinski definition) is 4. The molecule has 158 valence electrons. The first-order valence-corrected chi connectivity index (χ1v) is 10.4. The van der Waals surface area contributed by atoms with Crippen LogP contribution in [0.2, 0.25) is 0 Å². The van der Waals surface area contributed by atoms with Gasteiger partial charge in [0.05, 0.1) is 18.7 Å². The number of pyridine rings is 1. The van der Waals surface area contributed by atoms with E-state index in [9.17, 15) is 9.90 Å². The number of aryl methyl sites for hydroxylation is 1. The molecule has 0 radical (unpaired) electrons. The number of benzene rings is 1. The predicted octanol–water partition coefficient (Wildman–Crippen LogP) is 5.52. The Labute approximate surface area is 178 Å². The quantitative estimate of drug-likeness (QED) is 0.726. The maximum Gasteiger partial charge on any atom is 0.307 e. The fourth-order valence-corrected chi connectivity index (χ4v) is 3.72. The van der Waals surface area contributed by atoms with Gasteiger partial charge in [0.1, 0.15) is 12.4 Å². The fraction of sp³-hybridized carbons (Fsp3) is 0.360. The Morgan fingerprint density at radius 2 is 2.07 bits per heavy atom. The number of carboxylic acid groups (broad SMARTS) is 1. The molecule has 2 aromatic rings. The van der Waals surface area contributed by atoms with Crippen LogP contribution in [0.1, 0.15) is 44.2 Å². The molecular weight excluding hydrogens is 378 g/mol. The van der Waals surface area contributed by atoms with Gasteiger partial charge in [-0.1, -0.05) is 31.2 Å². The summed E-state index contributed by atoms with van der Waals surface area (Å²) in [5, 5.41) is 9.30. The van der Waals surface area contributed by atoms with Crippen LogP contribution in [-0.4, -0.2) is 29.3 Å². The minimum absolute atomic E-state index is 0.0729. The van der Waals surface area contributed by atoms with Gasteiger partial charge in [0.25, 0.3) is 0 Å². The molecule has 5 nitrogen and oxygen atoms in total. The molecule has 0 saturated carbocycles. The average molecular weight is 408 g/mol. The molecule has 1 aliphatic heterocycles. The van der Waals surface area contributed by atoms with Crippen LogP contribution in [-0.2, 0) is 11.2 Å². The molecule has 0 amide bonds. The van der Waals surface area contributed by atoms with E-state index in [1.807, 2.05) is 44.2 Å². The van der Waals surface area contributed by atoms with Gasteiger partial charge in [-0.3, -0.25) is 4.79 Å². The highest BCUT2D eigenvalue weighted by molar-refractivity contribution is 5.74. The van der Waals surface area contributed by atoms with Crippen molar-refractivity contribution < 1.29 is 19.4 Å².